The fraction of sp³-hybridized carbons (Fsp3) is 0.636. The molecule has 88 valence electrons. The third kappa shape index (κ3) is 1.61. The Morgan fingerprint density at radius 1 is 1.69 bits per heavy atom. The van der Waals surface area contributed by atoms with Crippen molar-refractivity contribution < 1.29 is 14.3 Å². The van der Waals surface area contributed by atoms with Crippen LogP contribution in [-0.2, 0) is 11.8 Å². The van der Waals surface area contributed by atoms with E-state index < -0.39 is 5.60 Å². The maximum Gasteiger partial charge on any atom is 0.216 e. The molecule has 5 nitrogen and oxygen atoms in total. The minimum absolute atomic E-state index is 0.0538. The second-order valence-corrected chi connectivity index (χ2v) is 4.20. The van der Waals surface area contributed by atoms with Gasteiger partial charge in [0.15, 0.2) is 5.75 Å². The number of hydrogen-bond donors (Lipinski definition) is 0. The molecule has 0 aromatic carbocycles. The molecule has 16 heavy (non-hydrogen) atoms. The molecule has 1 aromatic rings. The lowest BCUT2D eigenvalue weighted by Gasteiger charge is -2.21. The van der Waals surface area contributed by atoms with Gasteiger partial charge < -0.3 is 9.47 Å². The van der Waals surface area contributed by atoms with Gasteiger partial charge in [0.2, 0.25) is 5.78 Å². The van der Waals surface area contributed by atoms with E-state index in [0.29, 0.717) is 18.1 Å². The van der Waals surface area contributed by atoms with Gasteiger partial charge in [0.1, 0.15) is 11.3 Å². The summed E-state index contributed by atoms with van der Waals surface area (Å²) in [5, 5.41) is 4.03. The van der Waals surface area contributed by atoms with Crippen LogP contribution in [0.25, 0.3) is 0 Å². The molecule has 0 N–H and O–H groups in total. The van der Waals surface area contributed by atoms with Crippen molar-refractivity contribution in [2.45, 2.75) is 25.4 Å². The van der Waals surface area contributed by atoms with Crippen molar-refractivity contribution in [3.63, 3.8) is 0 Å². The molecule has 0 spiro atoms. The maximum atomic E-state index is 12.4. The van der Waals surface area contributed by atoms with Gasteiger partial charge in [0.25, 0.3) is 0 Å². The van der Waals surface area contributed by atoms with Crippen molar-refractivity contribution >= 4 is 5.78 Å². The van der Waals surface area contributed by atoms with Crippen molar-refractivity contribution in [3.8, 4) is 5.75 Å². The fourth-order valence-corrected chi connectivity index (χ4v) is 2.03. The number of carbonyl (C=O) groups excluding carboxylic acids is 1. The fourth-order valence-electron chi connectivity index (χ4n) is 2.03. The van der Waals surface area contributed by atoms with Crippen LogP contribution in [-0.4, -0.2) is 34.9 Å². The number of hydrogen-bond acceptors (Lipinski definition) is 4. The van der Waals surface area contributed by atoms with Crippen molar-refractivity contribution in [2.24, 2.45) is 7.05 Å². The molecule has 1 atom stereocenters. The van der Waals surface area contributed by atoms with Crippen molar-refractivity contribution in [1.82, 2.24) is 9.78 Å². The van der Waals surface area contributed by atoms with Crippen LogP contribution in [0.5, 0.6) is 5.75 Å². The van der Waals surface area contributed by atoms with Crippen LogP contribution in [0.3, 0.4) is 0 Å². The van der Waals surface area contributed by atoms with Gasteiger partial charge >= 0.3 is 0 Å². The summed E-state index contributed by atoms with van der Waals surface area (Å²) in [6.45, 7) is 2.47. The van der Waals surface area contributed by atoms with Crippen molar-refractivity contribution in [3.05, 3.63) is 11.9 Å². The first kappa shape index (κ1) is 11.1. The number of aryl methyl sites for hydroxylation is 1. The number of nitrogens with zero attached hydrogens (tertiary/aromatic N) is 2. The van der Waals surface area contributed by atoms with Gasteiger partial charge in [0, 0.05) is 13.7 Å². The molecule has 0 bridgehead atoms. The lowest BCUT2D eigenvalue weighted by Crippen LogP contribution is -2.35. The zero-order valence-electron chi connectivity index (χ0n) is 9.82. The Morgan fingerprint density at radius 3 is 3.00 bits per heavy atom. The minimum atomic E-state index is -0.721. The summed E-state index contributed by atoms with van der Waals surface area (Å²) in [5.41, 5.74) is -0.243. The zero-order chi connectivity index (χ0) is 11.8. The number of rotatable bonds is 3. The number of ether oxygens (including phenoxy) is 2. The Bertz CT molecular complexity index is 405. The minimum Gasteiger partial charge on any atom is -0.493 e. The monoisotopic (exact) mass is 224 g/mol. The quantitative estimate of drug-likeness (QED) is 0.723. The Kier molecular flexibility index (Phi) is 2.71. The van der Waals surface area contributed by atoms with Crippen molar-refractivity contribution in [1.29, 1.82) is 0 Å². The molecule has 1 aromatic heterocycles. The van der Waals surface area contributed by atoms with Gasteiger partial charge in [-0.15, -0.1) is 0 Å². The van der Waals surface area contributed by atoms with E-state index in [1.54, 1.807) is 13.2 Å². The molecule has 1 fully saturated rings. The van der Waals surface area contributed by atoms with Gasteiger partial charge in [-0.05, 0) is 19.8 Å². The van der Waals surface area contributed by atoms with E-state index in [-0.39, 0.29) is 5.78 Å². The molecular weight excluding hydrogens is 208 g/mol. The van der Waals surface area contributed by atoms with Crippen LogP contribution in [0, 0.1) is 0 Å². The maximum absolute atomic E-state index is 12.4. The third-order valence-electron chi connectivity index (χ3n) is 3.04. The first-order valence-electron chi connectivity index (χ1n) is 5.33. The number of carbonyl (C=O) groups is 1. The van der Waals surface area contributed by atoms with E-state index >= 15 is 0 Å². The Labute approximate surface area is 94.3 Å². The number of ketones is 1. The number of Topliss-reactive ketones (excluding diaryl/α,β-unsaturated/α-hetero) is 1. The normalized spacial score (nSPS) is 24.7. The Hall–Kier alpha value is -1.36. The Balaban J connectivity index is 2.36. The standard InChI is InChI=1S/C11H16N2O3/c1-11(5-4-6-16-11)10(14)9-8(15-3)7-12-13(9)2/h7H,4-6H2,1-3H3. The highest BCUT2D eigenvalue weighted by atomic mass is 16.5. The van der Waals surface area contributed by atoms with Crippen LogP contribution < -0.4 is 4.74 Å². The van der Waals surface area contributed by atoms with Crippen LogP contribution >= 0.6 is 0 Å². The number of aromatic nitrogens is 2. The van der Waals surface area contributed by atoms with Gasteiger partial charge in [-0.1, -0.05) is 0 Å². The molecule has 2 rings (SSSR count). The van der Waals surface area contributed by atoms with E-state index in [2.05, 4.69) is 5.10 Å². The Morgan fingerprint density at radius 2 is 2.44 bits per heavy atom. The highest BCUT2D eigenvalue weighted by molar-refractivity contribution is 6.03. The summed E-state index contributed by atoms with van der Waals surface area (Å²) in [5.74, 6) is 0.450. The molecular formula is C11H16N2O3. The predicted molar refractivity (Wildman–Crippen MR) is 57.7 cm³/mol. The van der Waals surface area contributed by atoms with E-state index in [0.717, 1.165) is 12.8 Å². The van der Waals surface area contributed by atoms with Crippen LogP contribution in [0.2, 0.25) is 0 Å². The molecule has 0 amide bonds. The lowest BCUT2D eigenvalue weighted by atomic mass is 9.95. The zero-order valence-corrected chi connectivity index (χ0v) is 9.82. The lowest BCUT2D eigenvalue weighted by molar-refractivity contribution is 0.0203. The average molecular weight is 224 g/mol. The average Bonchev–Trinajstić information content (AvgIpc) is 2.85. The second kappa shape index (κ2) is 3.90. The predicted octanol–water partition coefficient (Wildman–Crippen LogP) is 1.18. The summed E-state index contributed by atoms with van der Waals surface area (Å²) >= 11 is 0. The van der Waals surface area contributed by atoms with Crippen LogP contribution in [0.1, 0.15) is 30.3 Å². The molecule has 1 saturated heterocycles. The van der Waals surface area contributed by atoms with Gasteiger partial charge in [-0.3, -0.25) is 9.48 Å². The van der Waals surface area contributed by atoms with Gasteiger partial charge in [0.05, 0.1) is 13.3 Å². The van der Waals surface area contributed by atoms with E-state index in [1.807, 2.05) is 6.92 Å². The van der Waals surface area contributed by atoms with Crippen molar-refractivity contribution in [2.75, 3.05) is 13.7 Å². The first-order chi connectivity index (χ1) is 7.58. The van der Waals surface area contributed by atoms with Gasteiger partial charge in [-0.25, -0.2) is 0 Å². The highest BCUT2D eigenvalue weighted by Crippen LogP contribution is 2.31. The largest absolute Gasteiger partial charge is 0.493 e. The highest BCUT2D eigenvalue weighted by Gasteiger charge is 2.41. The second-order valence-electron chi connectivity index (χ2n) is 4.20. The molecule has 1 aliphatic rings. The molecule has 0 aliphatic carbocycles. The third-order valence-corrected chi connectivity index (χ3v) is 3.04. The van der Waals surface area contributed by atoms with E-state index in [4.69, 9.17) is 9.47 Å². The van der Waals surface area contributed by atoms with Crippen LogP contribution in [0.15, 0.2) is 6.20 Å². The van der Waals surface area contributed by atoms with Crippen LogP contribution in [0.4, 0.5) is 0 Å². The molecule has 2 heterocycles. The smallest absolute Gasteiger partial charge is 0.216 e. The van der Waals surface area contributed by atoms with Gasteiger partial charge in [-0.2, -0.15) is 5.10 Å². The SMILES string of the molecule is COc1cnn(C)c1C(=O)C1(C)CCCO1. The number of methoxy groups -OCH3 is 1. The molecule has 1 aliphatic heterocycles. The summed E-state index contributed by atoms with van der Waals surface area (Å²) in [7, 11) is 3.26. The molecule has 0 saturated carbocycles. The first-order valence-corrected chi connectivity index (χ1v) is 5.33. The summed E-state index contributed by atoms with van der Waals surface area (Å²) in [6.07, 6.45) is 3.22. The molecule has 1 unspecified atom stereocenters. The topological polar surface area (TPSA) is 53.4 Å². The molecule has 5 heteroatoms. The summed E-state index contributed by atoms with van der Waals surface area (Å²) in [4.78, 5) is 12.4. The molecule has 0 radical (unpaired) electrons. The summed E-state index contributed by atoms with van der Waals surface area (Å²) in [6, 6.07) is 0. The van der Waals surface area contributed by atoms with E-state index in [9.17, 15) is 4.79 Å². The summed E-state index contributed by atoms with van der Waals surface area (Å²) < 4.78 is 12.2. The van der Waals surface area contributed by atoms with E-state index in [1.165, 1.54) is 11.8 Å².